The molecule has 178 valence electrons. The fourth-order valence-corrected chi connectivity index (χ4v) is 3.88. The van der Waals surface area contributed by atoms with Gasteiger partial charge in [-0.3, -0.25) is 9.22 Å². The van der Waals surface area contributed by atoms with Gasteiger partial charge in [0.05, 0.1) is 6.61 Å². The van der Waals surface area contributed by atoms with Crippen molar-refractivity contribution in [3.05, 3.63) is 0 Å². The molecule has 0 spiro atoms. The molecule has 2 saturated heterocycles. The highest BCUT2D eigenvalue weighted by molar-refractivity contribution is 7.80. The first-order chi connectivity index (χ1) is 14.0. The van der Waals surface area contributed by atoms with E-state index in [0.717, 1.165) is 0 Å². The molecule has 0 radical (unpaired) electrons. The Morgan fingerprint density at radius 3 is 2.17 bits per heavy atom. The Labute approximate surface area is 171 Å². The highest BCUT2D eigenvalue weighted by atomic mass is 32.3. The monoisotopic (exact) mass is 464 g/mol. The van der Waals surface area contributed by atoms with Crippen molar-refractivity contribution in [3.8, 4) is 0 Å². The summed E-state index contributed by atoms with van der Waals surface area (Å²) in [5.41, 5.74) is 0. The fraction of sp³-hybridized carbons (Fsp3) is 1.00. The summed E-state index contributed by atoms with van der Waals surface area (Å²) >= 11 is 0. The van der Waals surface area contributed by atoms with E-state index >= 15 is 0 Å². The van der Waals surface area contributed by atoms with Crippen molar-refractivity contribution >= 4 is 10.4 Å². The number of hydrogen-bond donors (Lipinski definition) is 4. The largest absolute Gasteiger partial charge is 0.726 e. The molecule has 0 aromatic rings. The fourth-order valence-electron chi connectivity index (χ4n) is 3.31. The van der Waals surface area contributed by atoms with Gasteiger partial charge in [0.15, 0.2) is 12.6 Å². The number of methoxy groups -OCH3 is 1. The van der Waals surface area contributed by atoms with Gasteiger partial charge >= 0.3 is 0 Å². The molecule has 0 bridgehead atoms. The van der Waals surface area contributed by atoms with Gasteiger partial charge in [0, 0.05) is 13.0 Å². The molecule has 2 heterocycles. The van der Waals surface area contributed by atoms with Gasteiger partial charge in [-0.25, -0.2) is 13.3 Å². The number of aliphatic hydroxyl groups is 4. The predicted molar refractivity (Wildman–Crippen MR) is 85.1 cm³/mol. The molecular weight excluding hydrogens is 440 g/mol. The van der Waals surface area contributed by atoms with E-state index in [4.69, 9.17) is 18.9 Å². The molecule has 0 aliphatic carbocycles. The molecule has 16 heteroatoms. The van der Waals surface area contributed by atoms with E-state index in [-0.39, 0.29) is 0 Å². The smallest absolute Gasteiger partial charge is 0.218 e. The highest BCUT2D eigenvalue weighted by Gasteiger charge is 2.51. The van der Waals surface area contributed by atoms with Crippen molar-refractivity contribution < 1.29 is 71.7 Å². The second-order valence-corrected chi connectivity index (χ2v) is 7.77. The van der Waals surface area contributed by atoms with Crippen LogP contribution in [0.5, 0.6) is 0 Å². The molecular formula is C14H24O15S-2. The van der Waals surface area contributed by atoms with Gasteiger partial charge in [-0.15, -0.1) is 0 Å². The Kier molecular flexibility index (Phi) is 9.28. The second kappa shape index (κ2) is 10.8. The summed E-state index contributed by atoms with van der Waals surface area (Å²) in [6, 6.07) is 0. The maximum atomic E-state index is 10.9. The van der Waals surface area contributed by atoms with Crippen LogP contribution >= 0.6 is 0 Å². The minimum absolute atomic E-state index is 0.570. The van der Waals surface area contributed by atoms with Crippen LogP contribution < -0.4 is 5.26 Å². The zero-order valence-electron chi connectivity index (χ0n) is 15.9. The Balaban J connectivity index is 2.19. The molecule has 0 amide bonds. The van der Waals surface area contributed by atoms with E-state index in [0.29, 0.717) is 0 Å². The van der Waals surface area contributed by atoms with E-state index in [1.165, 1.54) is 14.0 Å². The van der Waals surface area contributed by atoms with E-state index in [2.05, 4.69) is 14.1 Å². The third-order valence-corrected chi connectivity index (χ3v) is 5.32. The Morgan fingerprint density at radius 1 is 1.00 bits per heavy atom. The van der Waals surface area contributed by atoms with Crippen molar-refractivity contribution in [2.75, 3.05) is 20.3 Å². The van der Waals surface area contributed by atoms with Gasteiger partial charge in [-0.2, -0.15) is 0 Å². The third-order valence-electron chi connectivity index (χ3n) is 4.86. The van der Waals surface area contributed by atoms with Crippen molar-refractivity contribution in [2.45, 2.75) is 62.2 Å². The van der Waals surface area contributed by atoms with Gasteiger partial charge in [-0.05, 0) is 0 Å². The molecule has 2 aliphatic rings. The summed E-state index contributed by atoms with van der Waals surface area (Å²) in [5.74, 6) is -1.08. The lowest BCUT2D eigenvalue weighted by Crippen LogP contribution is -2.63. The Hall–Kier alpha value is -0.570. The molecule has 4 N–H and O–H groups in total. The minimum Gasteiger partial charge on any atom is -0.726 e. The molecule has 2 fully saturated rings. The maximum absolute atomic E-state index is 10.9. The SMILES string of the molecule is CO[C@@H]1OC(COO[O-])[C@H](O[C@@H]2OC(CO)[C@H](OS(=O)(=O)[O-])[C@H](C)C2O)[C@H](O)C1O. The molecule has 30 heavy (non-hydrogen) atoms. The molecule has 0 saturated carbocycles. The molecule has 10 atom stereocenters. The molecule has 15 nitrogen and oxygen atoms in total. The Morgan fingerprint density at radius 2 is 1.63 bits per heavy atom. The molecule has 4 unspecified atom stereocenters. The lowest BCUT2D eigenvalue weighted by atomic mass is 9.90. The first kappa shape index (κ1) is 25.7. The highest BCUT2D eigenvalue weighted by Crippen LogP contribution is 2.33. The average molecular weight is 464 g/mol. The number of rotatable bonds is 9. The van der Waals surface area contributed by atoms with Gasteiger partial charge in [-0.1, -0.05) is 6.92 Å². The molecule has 0 aromatic carbocycles. The zero-order valence-corrected chi connectivity index (χ0v) is 16.7. The van der Waals surface area contributed by atoms with Crippen molar-refractivity contribution in [3.63, 3.8) is 0 Å². The summed E-state index contributed by atoms with van der Waals surface area (Å²) in [5, 5.41) is 53.8. The standard InChI is InChI=1S/C14H26O15S/c1-5-8(16)14(25-6(3-15)11(5)28-30(20,21)22)27-12-7(4-24-29-19)26-13(23-2)10(18)9(12)17/h5-19H,3-4H2,1-2H3,(H,20,21,22)/p-2/t5-,6?,7?,8?,9-,10?,11-,12+,13-,14+/m1/s1. The van der Waals surface area contributed by atoms with E-state index in [9.17, 15) is 38.7 Å². The van der Waals surface area contributed by atoms with E-state index < -0.39 is 84.8 Å². The average Bonchev–Trinajstić information content (AvgIpc) is 2.69. The van der Waals surface area contributed by atoms with Crippen LogP contribution in [0.25, 0.3) is 0 Å². The van der Waals surface area contributed by atoms with Crippen molar-refractivity contribution in [1.82, 2.24) is 0 Å². The first-order valence-corrected chi connectivity index (χ1v) is 10.1. The number of ether oxygens (including phenoxy) is 4. The summed E-state index contributed by atoms with van der Waals surface area (Å²) in [6.45, 7) is -0.0525. The number of aliphatic hydroxyl groups excluding tert-OH is 4. The van der Waals surface area contributed by atoms with Crippen LogP contribution in [0.15, 0.2) is 0 Å². The zero-order chi connectivity index (χ0) is 22.6. The predicted octanol–water partition coefficient (Wildman–Crippen LogP) is -4.75. The topological polar surface area (TPSA) is 226 Å². The van der Waals surface area contributed by atoms with Gasteiger partial charge < -0.3 is 49.2 Å². The van der Waals surface area contributed by atoms with E-state index in [1.54, 1.807) is 0 Å². The Bertz CT molecular complexity index is 629. The summed E-state index contributed by atoms with van der Waals surface area (Å²) in [7, 11) is -3.98. The lowest BCUT2D eigenvalue weighted by Gasteiger charge is -2.47. The van der Waals surface area contributed by atoms with Crippen LogP contribution in [0.3, 0.4) is 0 Å². The minimum atomic E-state index is -5.17. The van der Waals surface area contributed by atoms with Gasteiger partial charge in [0.1, 0.15) is 49.3 Å². The molecule has 2 rings (SSSR count). The van der Waals surface area contributed by atoms with Crippen LogP contribution in [0.4, 0.5) is 0 Å². The lowest BCUT2D eigenvalue weighted by molar-refractivity contribution is -0.801. The van der Waals surface area contributed by atoms with Crippen molar-refractivity contribution in [2.24, 2.45) is 5.92 Å². The van der Waals surface area contributed by atoms with Crippen LogP contribution in [0.2, 0.25) is 0 Å². The summed E-state index contributed by atoms with van der Waals surface area (Å²) in [6.07, 6.45) is -13.4. The van der Waals surface area contributed by atoms with E-state index in [1.807, 2.05) is 0 Å². The summed E-state index contributed by atoms with van der Waals surface area (Å²) < 4.78 is 58.2. The van der Waals surface area contributed by atoms with Crippen LogP contribution in [0.1, 0.15) is 6.92 Å². The molecule has 0 aromatic heterocycles. The third kappa shape index (κ3) is 6.02. The second-order valence-electron chi connectivity index (χ2n) is 6.76. The quantitative estimate of drug-likeness (QED) is 0.109. The summed E-state index contributed by atoms with van der Waals surface area (Å²) in [4.78, 5) is 4.26. The maximum Gasteiger partial charge on any atom is 0.218 e. The molecule has 2 aliphatic heterocycles. The number of hydrogen-bond acceptors (Lipinski definition) is 15. The van der Waals surface area contributed by atoms with Crippen LogP contribution in [0, 0.1) is 5.92 Å². The van der Waals surface area contributed by atoms with Crippen LogP contribution in [-0.4, -0.2) is 109 Å². The van der Waals surface area contributed by atoms with Gasteiger partial charge in [0.25, 0.3) is 0 Å². The van der Waals surface area contributed by atoms with Crippen LogP contribution in [-0.2, 0) is 43.5 Å². The van der Waals surface area contributed by atoms with Gasteiger partial charge in [0.2, 0.25) is 10.4 Å². The van der Waals surface area contributed by atoms with Crippen molar-refractivity contribution in [1.29, 1.82) is 0 Å². The first-order valence-electron chi connectivity index (χ1n) is 8.73. The normalized spacial score (nSPS) is 42.9.